The lowest BCUT2D eigenvalue weighted by molar-refractivity contribution is -0.116. The van der Waals surface area contributed by atoms with Crippen molar-refractivity contribution in [2.45, 2.75) is 26.4 Å². The average molecular weight is 381 g/mol. The van der Waals surface area contributed by atoms with Gasteiger partial charge in [0.15, 0.2) is 0 Å². The summed E-state index contributed by atoms with van der Waals surface area (Å²) in [7, 11) is 0. The number of rotatable bonds is 6. The van der Waals surface area contributed by atoms with E-state index < -0.39 is 29.5 Å². The van der Waals surface area contributed by atoms with Crippen molar-refractivity contribution in [1.29, 1.82) is 0 Å². The molecule has 3 rings (SSSR count). The maximum atomic E-state index is 13.3. The van der Waals surface area contributed by atoms with Crippen molar-refractivity contribution in [1.82, 2.24) is 9.13 Å². The summed E-state index contributed by atoms with van der Waals surface area (Å²) < 4.78 is 15.5. The second-order valence-corrected chi connectivity index (χ2v) is 6.38. The largest absolute Gasteiger partial charge is 0.331 e. The molecule has 0 aliphatic rings. The second kappa shape index (κ2) is 8.47. The molecule has 144 valence electrons. The van der Waals surface area contributed by atoms with Gasteiger partial charge in [-0.2, -0.15) is 0 Å². The van der Waals surface area contributed by atoms with Crippen molar-refractivity contribution >= 4 is 11.6 Å². The van der Waals surface area contributed by atoms with Crippen LogP contribution in [0.2, 0.25) is 0 Å². The van der Waals surface area contributed by atoms with Crippen LogP contribution in [0.25, 0.3) is 0 Å². The smallest absolute Gasteiger partial charge is 0.325 e. The minimum atomic E-state index is -0.631. The molecule has 0 radical (unpaired) electrons. The van der Waals surface area contributed by atoms with Crippen LogP contribution in [0.5, 0.6) is 0 Å². The quantitative estimate of drug-likeness (QED) is 0.713. The van der Waals surface area contributed by atoms with Gasteiger partial charge in [0, 0.05) is 18.0 Å². The minimum Gasteiger partial charge on any atom is -0.325 e. The molecule has 0 fully saturated rings. The number of carbonyl (C=O) groups is 1. The van der Waals surface area contributed by atoms with Crippen molar-refractivity contribution in [3.8, 4) is 0 Å². The first-order valence-electron chi connectivity index (χ1n) is 8.90. The number of nitrogens with one attached hydrogen (secondary N) is 1. The van der Waals surface area contributed by atoms with E-state index in [1.54, 1.807) is 24.3 Å². The number of benzene rings is 2. The Labute approximate surface area is 160 Å². The number of carbonyl (C=O) groups excluding carboxylic acids is 1. The average Bonchev–Trinajstić information content (AvgIpc) is 2.68. The fraction of sp³-hybridized carbons (Fsp3) is 0.190. The molecule has 28 heavy (non-hydrogen) atoms. The molecule has 0 aliphatic carbocycles. The van der Waals surface area contributed by atoms with Crippen LogP contribution in [0.15, 0.2) is 70.4 Å². The normalized spacial score (nSPS) is 10.6. The third-order valence-electron chi connectivity index (χ3n) is 4.33. The second-order valence-electron chi connectivity index (χ2n) is 6.38. The van der Waals surface area contributed by atoms with E-state index in [0.29, 0.717) is 11.3 Å². The van der Waals surface area contributed by atoms with Crippen LogP contribution < -0.4 is 16.6 Å². The molecule has 0 spiro atoms. The van der Waals surface area contributed by atoms with Crippen molar-refractivity contribution in [3.63, 3.8) is 0 Å². The molecule has 1 aromatic heterocycles. The van der Waals surface area contributed by atoms with Crippen LogP contribution in [-0.4, -0.2) is 15.0 Å². The monoisotopic (exact) mass is 381 g/mol. The number of aromatic nitrogens is 2. The first-order valence-corrected chi connectivity index (χ1v) is 8.90. The van der Waals surface area contributed by atoms with Gasteiger partial charge in [0.2, 0.25) is 5.91 Å². The molecule has 2 aromatic carbocycles. The molecule has 7 heteroatoms. The fourth-order valence-corrected chi connectivity index (χ4v) is 2.82. The third-order valence-corrected chi connectivity index (χ3v) is 4.33. The topological polar surface area (TPSA) is 73.1 Å². The van der Waals surface area contributed by atoms with Gasteiger partial charge in [-0.15, -0.1) is 0 Å². The lowest BCUT2D eigenvalue weighted by Gasteiger charge is -2.11. The number of halogens is 1. The molecule has 0 unspecified atom stereocenters. The van der Waals surface area contributed by atoms with Crippen LogP contribution in [0, 0.1) is 5.82 Å². The van der Waals surface area contributed by atoms with Gasteiger partial charge < -0.3 is 5.32 Å². The van der Waals surface area contributed by atoms with Gasteiger partial charge >= 0.3 is 5.69 Å². The van der Waals surface area contributed by atoms with Gasteiger partial charge in [-0.25, -0.2) is 9.18 Å². The number of hydrogen-bond donors (Lipinski definition) is 1. The summed E-state index contributed by atoms with van der Waals surface area (Å²) in [5.41, 5.74) is 1.10. The van der Waals surface area contributed by atoms with Crippen LogP contribution in [-0.2, 0) is 24.3 Å². The SMILES string of the molecule is CCc1ccc(NC(=O)Cn2c(=O)ccn(Cc3cccc(F)c3)c2=O)cc1. The van der Waals surface area contributed by atoms with E-state index in [4.69, 9.17) is 0 Å². The lowest BCUT2D eigenvalue weighted by atomic mass is 10.1. The van der Waals surface area contributed by atoms with Crippen LogP contribution in [0.4, 0.5) is 10.1 Å². The fourth-order valence-electron chi connectivity index (χ4n) is 2.82. The highest BCUT2D eigenvalue weighted by molar-refractivity contribution is 5.90. The lowest BCUT2D eigenvalue weighted by Crippen LogP contribution is -2.41. The molecule has 3 aromatic rings. The first kappa shape index (κ1) is 19.3. The maximum absolute atomic E-state index is 13.3. The zero-order chi connectivity index (χ0) is 20.1. The van der Waals surface area contributed by atoms with Crippen molar-refractivity contribution < 1.29 is 9.18 Å². The summed E-state index contributed by atoms with van der Waals surface area (Å²) in [5.74, 6) is -0.890. The Kier molecular flexibility index (Phi) is 5.84. The number of aryl methyl sites for hydroxylation is 1. The Hall–Kier alpha value is -3.48. The van der Waals surface area contributed by atoms with Crippen molar-refractivity contribution in [2.75, 3.05) is 5.32 Å². The van der Waals surface area contributed by atoms with Gasteiger partial charge in [0.25, 0.3) is 5.56 Å². The summed E-state index contributed by atoms with van der Waals surface area (Å²) in [4.78, 5) is 37.0. The highest BCUT2D eigenvalue weighted by atomic mass is 19.1. The molecular weight excluding hydrogens is 361 g/mol. The van der Waals surface area contributed by atoms with Crippen molar-refractivity contribution in [3.05, 3.63) is 98.6 Å². The summed E-state index contributed by atoms with van der Waals surface area (Å²) in [5, 5.41) is 2.68. The Morgan fingerprint density at radius 2 is 1.79 bits per heavy atom. The predicted octanol–water partition coefficient (Wildman–Crippen LogP) is 2.40. The molecule has 0 saturated heterocycles. The summed E-state index contributed by atoms with van der Waals surface area (Å²) in [6.45, 7) is 1.72. The maximum Gasteiger partial charge on any atom is 0.331 e. The molecule has 1 N–H and O–H groups in total. The Balaban J connectivity index is 1.78. The van der Waals surface area contributed by atoms with Gasteiger partial charge in [0.1, 0.15) is 12.4 Å². The zero-order valence-corrected chi connectivity index (χ0v) is 15.4. The highest BCUT2D eigenvalue weighted by Gasteiger charge is 2.11. The van der Waals surface area contributed by atoms with Crippen LogP contribution in [0.3, 0.4) is 0 Å². The molecular formula is C21H20FN3O3. The Bertz CT molecular complexity index is 1100. The van der Waals surface area contributed by atoms with E-state index in [2.05, 4.69) is 5.32 Å². The first-order chi connectivity index (χ1) is 13.5. The molecule has 1 amide bonds. The van der Waals surface area contributed by atoms with Crippen LogP contribution >= 0.6 is 0 Å². The van der Waals surface area contributed by atoms with Crippen molar-refractivity contribution in [2.24, 2.45) is 0 Å². The molecule has 0 bridgehead atoms. The standard InChI is InChI=1S/C21H20FN3O3/c1-2-15-6-8-18(9-7-15)23-19(26)14-25-20(27)10-11-24(21(25)28)13-16-4-3-5-17(22)12-16/h3-12H,2,13-14H2,1H3,(H,23,26). The van der Waals surface area contributed by atoms with Gasteiger partial charge in [-0.1, -0.05) is 31.2 Å². The Morgan fingerprint density at radius 1 is 1.04 bits per heavy atom. The molecule has 6 nitrogen and oxygen atoms in total. The number of amides is 1. The number of anilines is 1. The zero-order valence-electron chi connectivity index (χ0n) is 15.4. The molecule has 1 heterocycles. The number of hydrogen-bond acceptors (Lipinski definition) is 3. The van der Waals surface area contributed by atoms with E-state index >= 15 is 0 Å². The van der Waals surface area contributed by atoms with Gasteiger partial charge in [-0.05, 0) is 41.8 Å². The van der Waals surface area contributed by atoms with E-state index in [0.717, 1.165) is 16.6 Å². The summed E-state index contributed by atoms with van der Waals surface area (Å²) in [6, 6.07) is 14.4. The predicted molar refractivity (Wildman–Crippen MR) is 105 cm³/mol. The van der Waals surface area contributed by atoms with E-state index in [1.807, 2.05) is 19.1 Å². The van der Waals surface area contributed by atoms with Gasteiger partial charge in [-0.3, -0.25) is 18.7 Å². The van der Waals surface area contributed by atoms with Crippen LogP contribution in [0.1, 0.15) is 18.1 Å². The number of nitrogens with zero attached hydrogens (tertiary/aromatic N) is 2. The molecule has 0 saturated carbocycles. The molecule has 0 atom stereocenters. The highest BCUT2D eigenvalue weighted by Crippen LogP contribution is 2.10. The van der Waals surface area contributed by atoms with Gasteiger partial charge in [0.05, 0.1) is 6.54 Å². The van der Waals surface area contributed by atoms with E-state index in [9.17, 15) is 18.8 Å². The summed E-state index contributed by atoms with van der Waals surface area (Å²) in [6.07, 6.45) is 2.23. The summed E-state index contributed by atoms with van der Waals surface area (Å²) >= 11 is 0. The van der Waals surface area contributed by atoms with E-state index in [-0.39, 0.29) is 6.54 Å². The van der Waals surface area contributed by atoms with E-state index in [1.165, 1.54) is 29.0 Å². The Morgan fingerprint density at radius 3 is 2.46 bits per heavy atom. The third kappa shape index (κ3) is 4.62. The molecule has 0 aliphatic heterocycles. The minimum absolute atomic E-state index is 0.0942.